The average Bonchev–Trinajstić information content (AvgIpc) is 3.10. The van der Waals surface area contributed by atoms with Gasteiger partial charge in [0.15, 0.2) is 0 Å². The Balaban J connectivity index is 1.67. The van der Waals surface area contributed by atoms with Crippen molar-refractivity contribution in [1.82, 2.24) is 19.9 Å². The summed E-state index contributed by atoms with van der Waals surface area (Å²) in [6, 6.07) is 3.94. The van der Waals surface area contributed by atoms with Crippen LogP contribution in [-0.4, -0.2) is 39.4 Å². The third-order valence-electron chi connectivity index (χ3n) is 4.17. The Bertz CT molecular complexity index is 661. The van der Waals surface area contributed by atoms with Gasteiger partial charge in [0.25, 0.3) is 0 Å². The minimum Gasteiger partial charge on any atom is -0.372 e. The van der Waals surface area contributed by atoms with Gasteiger partial charge in [-0.25, -0.2) is 4.98 Å². The number of aromatic nitrogens is 3. The van der Waals surface area contributed by atoms with Crippen molar-refractivity contribution in [2.45, 2.75) is 31.7 Å². The highest BCUT2D eigenvalue weighted by Crippen LogP contribution is 2.31. The molecular weight excluding hydrogens is 290 g/mol. The number of carbonyl (C=O) groups is 1. The molecule has 1 atom stereocenters. The predicted octanol–water partition coefficient (Wildman–Crippen LogP) is 2.21. The van der Waals surface area contributed by atoms with Crippen molar-refractivity contribution in [3.05, 3.63) is 48.2 Å². The Hall–Kier alpha value is -2.50. The molecule has 0 spiro atoms. The molecule has 0 aliphatic carbocycles. The SMILES string of the molecule is CNc1cncc(C2CCCN2C(=O)CCc2cccnc2)n1. The van der Waals surface area contributed by atoms with Crippen LogP contribution in [0.3, 0.4) is 0 Å². The highest BCUT2D eigenvalue weighted by molar-refractivity contribution is 5.77. The van der Waals surface area contributed by atoms with Crippen LogP contribution in [0.4, 0.5) is 5.82 Å². The standard InChI is InChI=1S/C17H21N5O/c1-18-16-12-20-11-14(21-16)15-5-3-9-22(15)17(23)7-6-13-4-2-8-19-10-13/h2,4,8,10-12,15H,3,5-7,9H2,1H3,(H,18,21). The molecule has 6 nitrogen and oxygen atoms in total. The molecule has 2 aromatic heterocycles. The third kappa shape index (κ3) is 3.64. The van der Waals surface area contributed by atoms with E-state index in [9.17, 15) is 4.79 Å². The molecule has 23 heavy (non-hydrogen) atoms. The zero-order valence-electron chi connectivity index (χ0n) is 13.3. The zero-order chi connectivity index (χ0) is 16.1. The number of anilines is 1. The highest BCUT2D eigenvalue weighted by Gasteiger charge is 2.30. The summed E-state index contributed by atoms with van der Waals surface area (Å²) in [4.78, 5) is 27.4. The van der Waals surface area contributed by atoms with Crippen LogP contribution < -0.4 is 5.32 Å². The Labute approximate surface area is 136 Å². The molecular formula is C17H21N5O. The summed E-state index contributed by atoms with van der Waals surface area (Å²) in [5, 5.41) is 3.00. The molecule has 6 heteroatoms. The summed E-state index contributed by atoms with van der Waals surface area (Å²) in [5.41, 5.74) is 1.96. The first-order valence-electron chi connectivity index (χ1n) is 7.96. The minimum atomic E-state index is 0.0391. The number of aryl methyl sites for hydroxylation is 1. The summed E-state index contributed by atoms with van der Waals surface area (Å²) < 4.78 is 0. The molecule has 0 aromatic carbocycles. The normalized spacial score (nSPS) is 17.3. The monoisotopic (exact) mass is 311 g/mol. The van der Waals surface area contributed by atoms with E-state index in [0.29, 0.717) is 6.42 Å². The second kappa shape index (κ2) is 7.17. The second-order valence-corrected chi connectivity index (χ2v) is 5.69. The number of pyridine rings is 1. The van der Waals surface area contributed by atoms with Gasteiger partial charge in [0.2, 0.25) is 5.91 Å². The predicted molar refractivity (Wildman–Crippen MR) is 87.8 cm³/mol. The van der Waals surface area contributed by atoms with Crippen molar-refractivity contribution < 1.29 is 4.79 Å². The fourth-order valence-corrected chi connectivity index (χ4v) is 2.98. The van der Waals surface area contributed by atoms with E-state index >= 15 is 0 Å². The summed E-state index contributed by atoms with van der Waals surface area (Å²) in [7, 11) is 1.82. The van der Waals surface area contributed by atoms with Gasteiger partial charge in [-0.1, -0.05) is 6.07 Å². The fourth-order valence-electron chi connectivity index (χ4n) is 2.98. The van der Waals surface area contributed by atoms with Gasteiger partial charge in [-0.15, -0.1) is 0 Å². The molecule has 1 amide bonds. The summed E-state index contributed by atoms with van der Waals surface area (Å²) >= 11 is 0. The van der Waals surface area contributed by atoms with E-state index in [0.717, 1.165) is 42.9 Å². The van der Waals surface area contributed by atoms with Crippen LogP contribution in [0, 0.1) is 0 Å². The largest absolute Gasteiger partial charge is 0.372 e. The fraction of sp³-hybridized carbons (Fsp3) is 0.412. The van der Waals surface area contributed by atoms with E-state index in [-0.39, 0.29) is 11.9 Å². The van der Waals surface area contributed by atoms with Gasteiger partial charge in [-0.05, 0) is 30.9 Å². The van der Waals surface area contributed by atoms with Crippen LogP contribution in [0.5, 0.6) is 0 Å². The number of rotatable bonds is 5. The average molecular weight is 311 g/mol. The first-order chi connectivity index (χ1) is 11.3. The lowest BCUT2D eigenvalue weighted by atomic mass is 10.1. The molecule has 120 valence electrons. The molecule has 3 heterocycles. The van der Waals surface area contributed by atoms with Crippen LogP contribution >= 0.6 is 0 Å². The Morgan fingerprint density at radius 2 is 2.26 bits per heavy atom. The number of hydrogen-bond acceptors (Lipinski definition) is 5. The molecule has 1 aliphatic heterocycles. The van der Waals surface area contributed by atoms with Crippen LogP contribution in [0.15, 0.2) is 36.9 Å². The van der Waals surface area contributed by atoms with Crippen molar-refractivity contribution in [3.63, 3.8) is 0 Å². The zero-order valence-corrected chi connectivity index (χ0v) is 13.3. The van der Waals surface area contributed by atoms with E-state index in [2.05, 4.69) is 20.3 Å². The quantitative estimate of drug-likeness (QED) is 0.916. The van der Waals surface area contributed by atoms with Gasteiger partial charge >= 0.3 is 0 Å². The van der Waals surface area contributed by atoms with Crippen molar-refractivity contribution in [3.8, 4) is 0 Å². The molecule has 1 unspecified atom stereocenters. The van der Waals surface area contributed by atoms with Crippen LogP contribution in [0.25, 0.3) is 0 Å². The van der Waals surface area contributed by atoms with Gasteiger partial charge in [-0.3, -0.25) is 14.8 Å². The molecule has 2 aromatic rings. The molecule has 1 saturated heterocycles. The van der Waals surface area contributed by atoms with Crippen LogP contribution in [0.2, 0.25) is 0 Å². The van der Waals surface area contributed by atoms with Crippen molar-refractivity contribution in [2.24, 2.45) is 0 Å². The molecule has 1 aliphatic rings. The lowest BCUT2D eigenvalue weighted by molar-refractivity contribution is -0.132. The Morgan fingerprint density at radius 1 is 1.35 bits per heavy atom. The van der Waals surface area contributed by atoms with E-state index in [4.69, 9.17) is 0 Å². The first kappa shape index (κ1) is 15.4. The van der Waals surface area contributed by atoms with Gasteiger partial charge in [0.05, 0.1) is 24.1 Å². The van der Waals surface area contributed by atoms with Crippen LogP contribution in [0.1, 0.15) is 36.6 Å². The molecule has 0 bridgehead atoms. The Kier molecular flexibility index (Phi) is 4.80. The number of amides is 1. The molecule has 1 N–H and O–H groups in total. The lowest BCUT2D eigenvalue weighted by Gasteiger charge is -2.24. The third-order valence-corrected chi connectivity index (χ3v) is 4.17. The van der Waals surface area contributed by atoms with E-state index in [1.165, 1.54) is 0 Å². The van der Waals surface area contributed by atoms with Gasteiger partial charge in [0, 0.05) is 32.4 Å². The number of hydrogen-bond donors (Lipinski definition) is 1. The first-order valence-corrected chi connectivity index (χ1v) is 7.96. The van der Waals surface area contributed by atoms with E-state index < -0.39 is 0 Å². The maximum absolute atomic E-state index is 12.6. The molecule has 1 fully saturated rings. The number of nitrogens with one attached hydrogen (secondary N) is 1. The van der Waals surface area contributed by atoms with E-state index in [1.54, 1.807) is 18.6 Å². The topological polar surface area (TPSA) is 71.0 Å². The molecule has 3 rings (SSSR count). The number of carbonyl (C=O) groups excluding carboxylic acids is 1. The van der Waals surface area contributed by atoms with Gasteiger partial charge < -0.3 is 10.2 Å². The summed E-state index contributed by atoms with van der Waals surface area (Å²) in [6.07, 6.45) is 10.2. The second-order valence-electron chi connectivity index (χ2n) is 5.69. The van der Waals surface area contributed by atoms with Crippen molar-refractivity contribution in [1.29, 1.82) is 0 Å². The van der Waals surface area contributed by atoms with E-state index in [1.807, 2.05) is 30.3 Å². The molecule has 0 saturated carbocycles. The number of nitrogens with zero attached hydrogens (tertiary/aromatic N) is 4. The molecule has 0 radical (unpaired) electrons. The van der Waals surface area contributed by atoms with Crippen molar-refractivity contribution >= 4 is 11.7 Å². The highest BCUT2D eigenvalue weighted by atomic mass is 16.2. The lowest BCUT2D eigenvalue weighted by Crippen LogP contribution is -2.31. The van der Waals surface area contributed by atoms with Crippen LogP contribution in [-0.2, 0) is 11.2 Å². The van der Waals surface area contributed by atoms with Gasteiger partial charge in [0.1, 0.15) is 5.82 Å². The summed E-state index contributed by atoms with van der Waals surface area (Å²) in [6.45, 7) is 0.794. The number of likely N-dealkylation sites (tertiary alicyclic amines) is 1. The van der Waals surface area contributed by atoms with Crippen molar-refractivity contribution in [2.75, 3.05) is 18.9 Å². The summed E-state index contributed by atoms with van der Waals surface area (Å²) in [5.74, 6) is 0.908. The Morgan fingerprint density at radius 3 is 3.04 bits per heavy atom. The maximum atomic E-state index is 12.6. The maximum Gasteiger partial charge on any atom is 0.223 e. The smallest absolute Gasteiger partial charge is 0.223 e. The van der Waals surface area contributed by atoms with Gasteiger partial charge in [-0.2, -0.15) is 0 Å². The minimum absolute atomic E-state index is 0.0391.